The molecule has 3 aromatic rings. The maximum atomic E-state index is 13.2. The van der Waals surface area contributed by atoms with Crippen molar-refractivity contribution in [2.24, 2.45) is 0 Å². The molecular formula is C20H23N5O3. The van der Waals surface area contributed by atoms with Crippen LogP contribution in [0.15, 0.2) is 51.7 Å². The van der Waals surface area contributed by atoms with Crippen LogP contribution in [0.4, 0.5) is 0 Å². The third-order valence-corrected chi connectivity index (χ3v) is 4.96. The normalized spacial score (nSPS) is 16.8. The van der Waals surface area contributed by atoms with E-state index in [9.17, 15) is 9.59 Å². The van der Waals surface area contributed by atoms with Crippen LogP contribution < -0.4 is 16.3 Å². The molecule has 1 aliphatic rings. The number of para-hydroxylation sites is 1. The molecule has 0 unspecified atom stereocenters. The lowest BCUT2D eigenvalue weighted by Gasteiger charge is -2.22. The third kappa shape index (κ3) is 3.50. The molecule has 0 spiro atoms. The fourth-order valence-corrected chi connectivity index (χ4v) is 3.54. The minimum atomic E-state index is -0.303. The lowest BCUT2D eigenvalue weighted by atomic mass is 9.99. The zero-order valence-corrected chi connectivity index (χ0v) is 15.7. The van der Waals surface area contributed by atoms with Crippen molar-refractivity contribution in [2.75, 3.05) is 20.1 Å². The summed E-state index contributed by atoms with van der Waals surface area (Å²) in [4.78, 5) is 24.9. The second kappa shape index (κ2) is 7.85. The summed E-state index contributed by atoms with van der Waals surface area (Å²) >= 11 is 0. The zero-order chi connectivity index (χ0) is 19.5. The quantitative estimate of drug-likeness (QED) is 0.699. The summed E-state index contributed by atoms with van der Waals surface area (Å²) in [6.07, 6.45) is 2.03. The molecule has 0 bridgehead atoms. The van der Waals surface area contributed by atoms with Gasteiger partial charge in [0.1, 0.15) is 18.1 Å². The predicted octanol–water partition coefficient (Wildman–Crippen LogP) is 1.50. The van der Waals surface area contributed by atoms with Crippen molar-refractivity contribution in [1.29, 1.82) is 0 Å². The van der Waals surface area contributed by atoms with Gasteiger partial charge in [0.25, 0.3) is 5.91 Å². The zero-order valence-electron chi connectivity index (χ0n) is 15.7. The Balaban J connectivity index is 1.72. The number of carbonyl (C=O) groups is 1. The second-order valence-electron chi connectivity index (χ2n) is 6.86. The van der Waals surface area contributed by atoms with Crippen molar-refractivity contribution in [2.45, 2.75) is 25.3 Å². The lowest BCUT2D eigenvalue weighted by molar-refractivity contribution is 0.0933. The van der Waals surface area contributed by atoms with Crippen LogP contribution in [-0.4, -0.2) is 40.4 Å². The lowest BCUT2D eigenvalue weighted by Crippen LogP contribution is -2.31. The van der Waals surface area contributed by atoms with Crippen LogP contribution >= 0.6 is 0 Å². The van der Waals surface area contributed by atoms with Crippen molar-refractivity contribution in [3.8, 4) is 5.69 Å². The molecule has 2 aromatic heterocycles. The minimum absolute atomic E-state index is 0.168. The Labute approximate surface area is 162 Å². The Morgan fingerprint density at radius 2 is 2.11 bits per heavy atom. The summed E-state index contributed by atoms with van der Waals surface area (Å²) in [6, 6.07) is 12.8. The summed E-state index contributed by atoms with van der Waals surface area (Å²) in [6.45, 7) is 1.95. The van der Waals surface area contributed by atoms with Crippen molar-refractivity contribution in [1.82, 2.24) is 25.0 Å². The van der Waals surface area contributed by atoms with E-state index in [1.165, 1.54) is 4.68 Å². The number of amides is 1. The van der Waals surface area contributed by atoms with Crippen LogP contribution in [0.3, 0.4) is 0 Å². The van der Waals surface area contributed by atoms with Gasteiger partial charge in [0, 0.05) is 19.5 Å². The van der Waals surface area contributed by atoms with E-state index in [1.807, 2.05) is 30.3 Å². The number of nitrogens with one attached hydrogen (secondary N) is 2. The van der Waals surface area contributed by atoms with Gasteiger partial charge in [-0.15, -0.1) is 0 Å². The van der Waals surface area contributed by atoms with Gasteiger partial charge in [0.05, 0.1) is 5.69 Å². The van der Waals surface area contributed by atoms with E-state index in [1.54, 1.807) is 23.7 Å². The van der Waals surface area contributed by atoms with Crippen LogP contribution in [0.5, 0.6) is 0 Å². The molecule has 0 radical (unpaired) electrons. The molecule has 1 amide bonds. The number of nitrogens with zero attached hydrogens (tertiary/aromatic N) is 3. The van der Waals surface area contributed by atoms with E-state index in [4.69, 9.17) is 4.42 Å². The van der Waals surface area contributed by atoms with Crippen LogP contribution in [0.2, 0.25) is 0 Å². The molecule has 0 saturated carbocycles. The van der Waals surface area contributed by atoms with Crippen LogP contribution in [0.25, 0.3) is 5.69 Å². The van der Waals surface area contributed by atoms with E-state index in [2.05, 4.69) is 15.7 Å². The molecule has 3 heterocycles. The topological polar surface area (TPSA) is 94.1 Å². The molecular weight excluding hydrogens is 358 g/mol. The summed E-state index contributed by atoms with van der Waals surface area (Å²) in [5.74, 6) is 1.33. The monoisotopic (exact) mass is 381 g/mol. The minimum Gasteiger partial charge on any atom is -0.454 e. The summed E-state index contributed by atoms with van der Waals surface area (Å²) in [7, 11) is 1.54. The van der Waals surface area contributed by atoms with Gasteiger partial charge in [-0.05, 0) is 43.7 Å². The highest BCUT2D eigenvalue weighted by atomic mass is 16.4. The molecule has 1 saturated heterocycles. The van der Waals surface area contributed by atoms with Gasteiger partial charge in [-0.3, -0.25) is 4.79 Å². The van der Waals surface area contributed by atoms with Crippen LogP contribution in [0, 0.1) is 0 Å². The first-order valence-electron chi connectivity index (χ1n) is 9.44. The Bertz CT molecular complexity index is 1010. The van der Waals surface area contributed by atoms with Gasteiger partial charge >= 0.3 is 5.69 Å². The van der Waals surface area contributed by atoms with E-state index in [-0.39, 0.29) is 29.8 Å². The predicted molar refractivity (Wildman–Crippen MR) is 104 cm³/mol. The maximum absolute atomic E-state index is 13.2. The number of hydrogen-bond acceptors (Lipinski definition) is 5. The van der Waals surface area contributed by atoms with Gasteiger partial charge in [0.15, 0.2) is 5.76 Å². The molecule has 8 nitrogen and oxygen atoms in total. The highest BCUT2D eigenvalue weighted by Gasteiger charge is 2.25. The summed E-state index contributed by atoms with van der Waals surface area (Å²) < 4.78 is 8.65. The van der Waals surface area contributed by atoms with Crippen molar-refractivity contribution < 1.29 is 9.21 Å². The van der Waals surface area contributed by atoms with Crippen molar-refractivity contribution in [3.05, 3.63) is 70.3 Å². The average molecular weight is 381 g/mol. The van der Waals surface area contributed by atoms with Gasteiger partial charge in [-0.25, -0.2) is 14.0 Å². The smallest absolute Gasteiger partial charge is 0.351 e. The molecule has 1 fully saturated rings. The molecule has 2 N–H and O–H groups in total. The number of benzene rings is 1. The first kappa shape index (κ1) is 18.2. The fourth-order valence-electron chi connectivity index (χ4n) is 3.54. The number of hydrogen-bond donors (Lipinski definition) is 2. The summed E-state index contributed by atoms with van der Waals surface area (Å²) in [5.41, 5.74) is 0.578. The largest absolute Gasteiger partial charge is 0.454 e. The molecule has 146 valence electrons. The first-order chi connectivity index (χ1) is 13.7. The Hall–Kier alpha value is -3.13. The first-order valence-corrected chi connectivity index (χ1v) is 9.44. The fraction of sp³-hybridized carbons (Fsp3) is 0.350. The van der Waals surface area contributed by atoms with Crippen LogP contribution in [-0.2, 0) is 6.54 Å². The second-order valence-corrected chi connectivity index (χ2v) is 6.86. The van der Waals surface area contributed by atoms with Gasteiger partial charge in [-0.2, -0.15) is 5.10 Å². The van der Waals surface area contributed by atoms with Crippen molar-refractivity contribution >= 4 is 5.91 Å². The third-order valence-electron chi connectivity index (χ3n) is 4.96. The van der Waals surface area contributed by atoms with E-state index < -0.39 is 0 Å². The van der Waals surface area contributed by atoms with E-state index in [0.29, 0.717) is 5.76 Å². The molecule has 4 rings (SSSR count). The van der Waals surface area contributed by atoms with Crippen LogP contribution in [0.1, 0.15) is 40.9 Å². The van der Waals surface area contributed by atoms with Gasteiger partial charge in [-0.1, -0.05) is 18.2 Å². The van der Waals surface area contributed by atoms with E-state index in [0.717, 1.165) is 37.4 Å². The molecule has 8 heteroatoms. The number of furan rings is 1. The molecule has 1 aromatic carbocycles. The maximum Gasteiger partial charge on any atom is 0.351 e. The number of aromatic nitrogens is 3. The highest BCUT2D eigenvalue weighted by molar-refractivity contribution is 5.91. The van der Waals surface area contributed by atoms with Crippen molar-refractivity contribution in [3.63, 3.8) is 0 Å². The summed E-state index contributed by atoms with van der Waals surface area (Å²) in [5, 5.41) is 10.6. The van der Waals surface area contributed by atoms with E-state index >= 15 is 0 Å². The Morgan fingerprint density at radius 3 is 2.82 bits per heavy atom. The molecule has 0 aliphatic carbocycles. The molecule has 1 atom stereocenters. The van der Waals surface area contributed by atoms with Gasteiger partial charge in [0.2, 0.25) is 0 Å². The number of piperidine rings is 1. The highest BCUT2D eigenvalue weighted by Crippen LogP contribution is 2.23. The average Bonchev–Trinajstić information content (AvgIpc) is 3.34. The van der Waals surface area contributed by atoms with Gasteiger partial charge < -0.3 is 15.1 Å². The standard InChI is InChI=1S/C20H23N5O3/c1-21-19(26)17-10-9-16(28-17)13-24-20(27)25(15-7-3-2-4-8-15)18(23-24)14-6-5-11-22-12-14/h2-4,7-10,14,22H,5-6,11-13H2,1H3,(H,21,26)/t14-/m1/s1. The SMILES string of the molecule is CNC(=O)c1ccc(Cn2nc([C@@H]3CCCNC3)n(-c3ccccc3)c2=O)o1. The number of carbonyl (C=O) groups excluding carboxylic acids is 1. The molecule has 28 heavy (non-hydrogen) atoms. The Morgan fingerprint density at radius 1 is 1.29 bits per heavy atom. The Kier molecular flexibility index (Phi) is 5.12. The number of rotatable bonds is 5. The molecule has 1 aliphatic heterocycles.